The average molecular weight is 374 g/mol. The molecule has 0 saturated carbocycles. The molecule has 0 fully saturated rings. The minimum absolute atomic E-state index is 0.253. The largest absolute Gasteiger partial charge is 0.497 e. The highest BCUT2D eigenvalue weighted by atomic mass is 16.5. The zero-order valence-corrected chi connectivity index (χ0v) is 15.8. The molecule has 0 bridgehead atoms. The molecule has 2 aromatic carbocycles. The Bertz CT molecular complexity index is 954. The van der Waals surface area contributed by atoms with Gasteiger partial charge in [0.25, 0.3) is 5.91 Å². The van der Waals surface area contributed by atoms with Crippen LogP contribution in [0.4, 0.5) is 5.69 Å². The van der Waals surface area contributed by atoms with E-state index >= 15 is 0 Å². The van der Waals surface area contributed by atoms with Gasteiger partial charge in [-0.2, -0.15) is 0 Å². The molecular weight excluding hydrogens is 352 g/mol. The number of hydrogen-bond donors (Lipinski definition) is 2. The Kier molecular flexibility index (Phi) is 6.36. The van der Waals surface area contributed by atoms with Gasteiger partial charge in [0.1, 0.15) is 5.75 Å². The highest BCUT2D eigenvalue weighted by Crippen LogP contribution is 2.12. The summed E-state index contributed by atoms with van der Waals surface area (Å²) in [7, 11) is 1.59. The first-order valence-electron chi connectivity index (χ1n) is 8.86. The second kappa shape index (κ2) is 9.32. The van der Waals surface area contributed by atoms with Gasteiger partial charge in [-0.1, -0.05) is 12.1 Å². The lowest BCUT2D eigenvalue weighted by Gasteiger charge is -2.12. The fourth-order valence-electron chi connectivity index (χ4n) is 2.55. The number of guanidine groups is 1. The Hall–Kier alpha value is -3.67. The highest BCUT2D eigenvalue weighted by Gasteiger charge is 2.10. The molecule has 3 rings (SSSR count). The maximum atomic E-state index is 12.6. The SMILES string of the molecule is COc1ccc(C(=O)NC(=NCc2ccncc2)Nc2cccc(C)c2)cc1. The number of hydrogen-bond acceptors (Lipinski definition) is 4. The van der Waals surface area contributed by atoms with Gasteiger partial charge in [-0.3, -0.25) is 15.1 Å². The summed E-state index contributed by atoms with van der Waals surface area (Å²) in [4.78, 5) is 21.2. The number of amides is 1. The summed E-state index contributed by atoms with van der Waals surface area (Å²) in [6, 6.07) is 18.6. The summed E-state index contributed by atoms with van der Waals surface area (Å²) < 4.78 is 5.13. The van der Waals surface area contributed by atoms with E-state index in [2.05, 4.69) is 20.6 Å². The van der Waals surface area contributed by atoms with Crippen molar-refractivity contribution in [3.63, 3.8) is 0 Å². The van der Waals surface area contributed by atoms with Crippen LogP contribution in [0.2, 0.25) is 0 Å². The predicted molar refractivity (Wildman–Crippen MR) is 111 cm³/mol. The van der Waals surface area contributed by atoms with E-state index in [1.807, 2.05) is 43.3 Å². The lowest BCUT2D eigenvalue weighted by atomic mass is 10.2. The van der Waals surface area contributed by atoms with Crippen molar-refractivity contribution in [2.45, 2.75) is 13.5 Å². The van der Waals surface area contributed by atoms with Crippen LogP contribution in [-0.2, 0) is 6.54 Å². The van der Waals surface area contributed by atoms with E-state index in [1.54, 1.807) is 43.8 Å². The number of aliphatic imine (C=N–C) groups is 1. The van der Waals surface area contributed by atoms with Crippen molar-refractivity contribution in [1.29, 1.82) is 0 Å². The van der Waals surface area contributed by atoms with Crippen LogP contribution in [-0.4, -0.2) is 24.0 Å². The lowest BCUT2D eigenvalue weighted by Crippen LogP contribution is -2.36. The number of aromatic nitrogens is 1. The van der Waals surface area contributed by atoms with Crippen molar-refractivity contribution in [2.24, 2.45) is 4.99 Å². The molecule has 0 aliphatic carbocycles. The van der Waals surface area contributed by atoms with Crippen LogP contribution in [0, 0.1) is 6.92 Å². The quantitative estimate of drug-likeness (QED) is 0.526. The maximum absolute atomic E-state index is 12.6. The first-order valence-corrected chi connectivity index (χ1v) is 8.86. The molecule has 1 amide bonds. The monoisotopic (exact) mass is 374 g/mol. The highest BCUT2D eigenvalue weighted by molar-refractivity contribution is 6.10. The zero-order chi connectivity index (χ0) is 19.8. The molecule has 1 heterocycles. The number of rotatable bonds is 5. The van der Waals surface area contributed by atoms with E-state index in [-0.39, 0.29) is 5.91 Å². The standard InChI is InChI=1S/C22H22N4O2/c1-16-4-3-5-19(14-16)25-22(24-15-17-10-12-23-13-11-17)26-21(27)18-6-8-20(28-2)9-7-18/h3-14H,15H2,1-2H3,(H2,24,25,26,27). The number of pyridine rings is 1. The number of ether oxygens (including phenoxy) is 1. The van der Waals surface area contributed by atoms with E-state index in [9.17, 15) is 4.79 Å². The molecule has 0 aliphatic heterocycles. The summed E-state index contributed by atoms with van der Waals surface area (Å²) in [6.45, 7) is 2.43. The number of methoxy groups -OCH3 is 1. The Balaban J connectivity index is 1.78. The van der Waals surface area contributed by atoms with Gasteiger partial charge in [0, 0.05) is 23.6 Å². The number of nitrogens with one attached hydrogen (secondary N) is 2. The third-order valence-electron chi connectivity index (χ3n) is 4.03. The van der Waals surface area contributed by atoms with Gasteiger partial charge < -0.3 is 10.1 Å². The molecule has 0 atom stereocenters. The number of anilines is 1. The minimum Gasteiger partial charge on any atom is -0.497 e. The molecule has 28 heavy (non-hydrogen) atoms. The molecule has 1 aromatic heterocycles. The van der Waals surface area contributed by atoms with Gasteiger partial charge >= 0.3 is 0 Å². The fourth-order valence-corrected chi connectivity index (χ4v) is 2.55. The molecule has 3 aromatic rings. The van der Waals surface area contributed by atoms with Crippen molar-refractivity contribution >= 4 is 17.6 Å². The van der Waals surface area contributed by atoms with E-state index in [0.717, 1.165) is 16.8 Å². The van der Waals surface area contributed by atoms with Crippen molar-refractivity contribution in [3.8, 4) is 5.75 Å². The van der Waals surface area contributed by atoms with Crippen molar-refractivity contribution < 1.29 is 9.53 Å². The smallest absolute Gasteiger partial charge is 0.257 e. The third kappa shape index (κ3) is 5.41. The van der Waals surface area contributed by atoms with Gasteiger partial charge in [0.15, 0.2) is 0 Å². The Morgan fingerprint density at radius 2 is 1.82 bits per heavy atom. The van der Waals surface area contributed by atoms with Gasteiger partial charge in [-0.25, -0.2) is 4.99 Å². The van der Waals surface area contributed by atoms with Crippen LogP contribution in [0.5, 0.6) is 5.75 Å². The summed E-state index contributed by atoms with van der Waals surface area (Å²) in [5.74, 6) is 0.820. The molecular formula is C22H22N4O2. The van der Waals surface area contributed by atoms with Crippen LogP contribution in [0.3, 0.4) is 0 Å². The summed E-state index contributed by atoms with van der Waals surface area (Å²) in [6.07, 6.45) is 3.43. The van der Waals surface area contributed by atoms with Crippen molar-refractivity contribution in [3.05, 3.63) is 89.7 Å². The van der Waals surface area contributed by atoms with Crippen LogP contribution in [0.15, 0.2) is 78.0 Å². The number of nitrogens with zero attached hydrogens (tertiary/aromatic N) is 2. The molecule has 142 valence electrons. The van der Waals surface area contributed by atoms with E-state index < -0.39 is 0 Å². The number of benzene rings is 2. The average Bonchev–Trinajstić information content (AvgIpc) is 2.73. The fraction of sp³-hybridized carbons (Fsp3) is 0.136. The molecule has 6 nitrogen and oxygen atoms in total. The Morgan fingerprint density at radius 1 is 1.07 bits per heavy atom. The van der Waals surface area contributed by atoms with E-state index in [1.165, 1.54) is 0 Å². The van der Waals surface area contributed by atoms with Crippen molar-refractivity contribution in [1.82, 2.24) is 10.3 Å². The first-order chi connectivity index (χ1) is 13.6. The van der Waals surface area contributed by atoms with Crippen molar-refractivity contribution in [2.75, 3.05) is 12.4 Å². The normalized spacial score (nSPS) is 11.0. The van der Waals surface area contributed by atoms with Gasteiger partial charge in [-0.15, -0.1) is 0 Å². The third-order valence-corrected chi connectivity index (χ3v) is 4.03. The zero-order valence-electron chi connectivity index (χ0n) is 15.8. The summed E-state index contributed by atoms with van der Waals surface area (Å²) in [5, 5.41) is 6.04. The molecule has 0 saturated heterocycles. The van der Waals surface area contributed by atoms with E-state index in [4.69, 9.17) is 4.74 Å². The van der Waals surface area contributed by atoms with Gasteiger partial charge in [0.05, 0.1) is 13.7 Å². The summed E-state index contributed by atoms with van der Waals surface area (Å²) >= 11 is 0. The number of carbonyl (C=O) groups is 1. The van der Waals surface area contributed by atoms with Crippen LogP contribution in [0.25, 0.3) is 0 Å². The second-order valence-corrected chi connectivity index (χ2v) is 6.20. The predicted octanol–water partition coefficient (Wildman–Crippen LogP) is 3.80. The minimum atomic E-state index is -0.253. The molecule has 0 unspecified atom stereocenters. The Labute approximate surface area is 164 Å². The first kappa shape index (κ1) is 19.1. The van der Waals surface area contributed by atoms with Gasteiger partial charge in [0.2, 0.25) is 5.96 Å². The van der Waals surface area contributed by atoms with E-state index in [0.29, 0.717) is 23.8 Å². The molecule has 0 aliphatic rings. The number of aryl methyl sites for hydroxylation is 1. The second-order valence-electron chi connectivity index (χ2n) is 6.20. The van der Waals surface area contributed by atoms with Crippen LogP contribution >= 0.6 is 0 Å². The molecule has 0 radical (unpaired) electrons. The van der Waals surface area contributed by atoms with Crippen LogP contribution in [0.1, 0.15) is 21.5 Å². The Morgan fingerprint density at radius 3 is 2.50 bits per heavy atom. The summed E-state index contributed by atoms with van der Waals surface area (Å²) in [5.41, 5.74) is 3.48. The molecule has 2 N–H and O–H groups in total. The maximum Gasteiger partial charge on any atom is 0.257 e. The van der Waals surface area contributed by atoms with Gasteiger partial charge in [-0.05, 0) is 66.6 Å². The number of carbonyl (C=O) groups excluding carboxylic acids is 1. The topological polar surface area (TPSA) is 75.6 Å². The molecule has 0 spiro atoms. The lowest BCUT2D eigenvalue weighted by molar-refractivity contribution is 0.0977. The van der Waals surface area contributed by atoms with Crippen LogP contribution < -0.4 is 15.4 Å². The molecule has 6 heteroatoms.